The minimum absolute atomic E-state index is 0.184. The Bertz CT molecular complexity index is 903. The fraction of sp³-hybridized carbons (Fsp3) is 0.263. The highest BCUT2D eigenvalue weighted by Crippen LogP contribution is 2.19. The second-order valence-electron chi connectivity index (χ2n) is 5.83. The molecule has 0 aromatic heterocycles. The summed E-state index contributed by atoms with van der Waals surface area (Å²) in [6.45, 7) is 5.77. The number of carbonyl (C=O) groups excluding carboxylic acids is 2. The molecule has 2 aromatic carbocycles. The maximum Gasteiger partial charge on any atom is 0.255 e. The van der Waals surface area contributed by atoms with Gasteiger partial charge in [-0.2, -0.15) is 4.31 Å². The molecule has 7 nitrogen and oxygen atoms in total. The van der Waals surface area contributed by atoms with Crippen LogP contribution in [0.2, 0.25) is 0 Å². The van der Waals surface area contributed by atoms with Crippen molar-refractivity contribution in [3.05, 3.63) is 54.1 Å². The minimum Gasteiger partial charge on any atom is -0.326 e. The van der Waals surface area contributed by atoms with Crippen LogP contribution < -0.4 is 10.6 Å². The van der Waals surface area contributed by atoms with Crippen molar-refractivity contribution < 1.29 is 18.0 Å². The molecule has 0 atom stereocenters. The third-order valence-corrected chi connectivity index (χ3v) is 5.99. The van der Waals surface area contributed by atoms with Crippen molar-refractivity contribution in [2.45, 2.75) is 25.7 Å². The molecule has 144 valence electrons. The van der Waals surface area contributed by atoms with Gasteiger partial charge in [0.2, 0.25) is 15.9 Å². The number of amides is 2. The van der Waals surface area contributed by atoms with E-state index < -0.39 is 10.0 Å². The molecule has 2 aromatic rings. The molecule has 0 heterocycles. The summed E-state index contributed by atoms with van der Waals surface area (Å²) in [5, 5.41) is 5.35. The van der Waals surface area contributed by atoms with E-state index in [0.717, 1.165) is 0 Å². The van der Waals surface area contributed by atoms with Crippen molar-refractivity contribution in [3.8, 4) is 0 Å². The van der Waals surface area contributed by atoms with Crippen LogP contribution in [0.15, 0.2) is 53.4 Å². The van der Waals surface area contributed by atoms with E-state index >= 15 is 0 Å². The monoisotopic (exact) mass is 389 g/mol. The van der Waals surface area contributed by atoms with Gasteiger partial charge in [-0.05, 0) is 48.5 Å². The molecule has 2 N–H and O–H groups in total. The van der Waals surface area contributed by atoms with Crippen molar-refractivity contribution in [2.75, 3.05) is 23.7 Å². The molecule has 0 aliphatic carbocycles. The number of nitrogens with zero attached hydrogens (tertiary/aromatic N) is 1. The SMILES string of the molecule is CCN(CC)S(=O)(=O)c1ccc(NC(=O)c2ccc(NC(C)=O)cc2)cc1. The first kappa shape index (κ1) is 20.6. The molecule has 0 unspecified atom stereocenters. The Kier molecular flexibility index (Phi) is 6.70. The fourth-order valence-electron chi connectivity index (χ4n) is 2.53. The van der Waals surface area contributed by atoms with Crippen LogP contribution in [-0.4, -0.2) is 37.6 Å². The van der Waals surface area contributed by atoms with Crippen LogP contribution in [0.3, 0.4) is 0 Å². The van der Waals surface area contributed by atoms with Gasteiger partial charge in [0.05, 0.1) is 4.90 Å². The Labute approximate surface area is 159 Å². The van der Waals surface area contributed by atoms with E-state index in [2.05, 4.69) is 10.6 Å². The van der Waals surface area contributed by atoms with Crippen LogP contribution >= 0.6 is 0 Å². The van der Waals surface area contributed by atoms with Crippen LogP contribution in [0.25, 0.3) is 0 Å². The Hall–Kier alpha value is -2.71. The Morgan fingerprint density at radius 1 is 0.852 bits per heavy atom. The van der Waals surface area contributed by atoms with Crippen molar-refractivity contribution >= 4 is 33.2 Å². The normalized spacial score (nSPS) is 11.3. The molecule has 0 aliphatic rings. The number of nitrogens with one attached hydrogen (secondary N) is 2. The van der Waals surface area contributed by atoms with Gasteiger partial charge in [0.15, 0.2) is 0 Å². The van der Waals surface area contributed by atoms with Crippen molar-refractivity contribution in [1.29, 1.82) is 0 Å². The smallest absolute Gasteiger partial charge is 0.255 e. The highest BCUT2D eigenvalue weighted by molar-refractivity contribution is 7.89. The van der Waals surface area contributed by atoms with Crippen molar-refractivity contribution in [3.63, 3.8) is 0 Å². The highest BCUT2D eigenvalue weighted by atomic mass is 32.2. The van der Waals surface area contributed by atoms with E-state index in [1.807, 2.05) is 0 Å². The molecule has 0 fully saturated rings. The molecule has 0 spiro atoms. The van der Waals surface area contributed by atoms with Crippen LogP contribution in [0.5, 0.6) is 0 Å². The highest BCUT2D eigenvalue weighted by Gasteiger charge is 2.21. The lowest BCUT2D eigenvalue weighted by molar-refractivity contribution is -0.114. The second-order valence-corrected chi connectivity index (χ2v) is 7.76. The van der Waals surface area contributed by atoms with Gasteiger partial charge >= 0.3 is 0 Å². The topological polar surface area (TPSA) is 95.6 Å². The summed E-state index contributed by atoms with van der Waals surface area (Å²) in [5.41, 5.74) is 1.51. The van der Waals surface area contributed by atoms with Gasteiger partial charge in [0.1, 0.15) is 0 Å². The maximum absolute atomic E-state index is 12.5. The van der Waals surface area contributed by atoms with Gasteiger partial charge in [-0.15, -0.1) is 0 Å². The van der Waals surface area contributed by atoms with Gasteiger partial charge in [-0.25, -0.2) is 8.42 Å². The van der Waals surface area contributed by atoms with E-state index in [0.29, 0.717) is 30.0 Å². The average molecular weight is 389 g/mol. The number of carbonyl (C=O) groups is 2. The molecule has 27 heavy (non-hydrogen) atoms. The predicted molar refractivity (Wildman–Crippen MR) is 105 cm³/mol. The summed E-state index contributed by atoms with van der Waals surface area (Å²) >= 11 is 0. The maximum atomic E-state index is 12.5. The van der Waals surface area contributed by atoms with E-state index in [4.69, 9.17) is 0 Å². The molecule has 0 aliphatic heterocycles. The molecule has 8 heteroatoms. The van der Waals surface area contributed by atoms with E-state index in [1.54, 1.807) is 50.2 Å². The summed E-state index contributed by atoms with van der Waals surface area (Å²) in [5.74, 6) is -0.518. The van der Waals surface area contributed by atoms with Crippen LogP contribution in [0.1, 0.15) is 31.1 Å². The first-order valence-corrected chi connectivity index (χ1v) is 10.0. The first-order chi connectivity index (χ1) is 12.8. The summed E-state index contributed by atoms with van der Waals surface area (Å²) in [4.78, 5) is 23.5. The van der Waals surface area contributed by atoms with Crippen LogP contribution in [-0.2, 0) is 14.8 Å². The number of benzene rings is 2. The molecular weight excluding hydrogens is 366 g/mol. The first-order valence-electron chi connectivity index (χ1n) is 8.57. The second kappa shape index (κ2) is 8.79. The Morgan fingerprint density at radius 2 is 1.33 bits per heavy atom. The molecule has 0 radical (unpaired) electrons. The summed E-state index contributed by atoms with van der Waals surface area (Å²) in [6.07, 6.45) is 0. The zero-order chi connectivity index (χ0) is 20.0. The third-order valence-electron chi connectivity index (χ3n) is 3.92. The minimum atomic E-state index is -3.53. The third kappa shape index (κ3) is 5.15. The van der Waals surface area contributed by atoms with Crippen LogP contribution in [0.4, 0.5) is 11.4 Å². The summed E-state index contributed by atoms with van der Waals surface area (Å²) in [6, 6.07) is 12.5. The average Bonchev–Trinajstić information content (AvgIpc) is 2.63. The zero-order valence-electron chi connectivity index (χ0n) is 15.5. The lowest BCUT2D eigenvalue weighted by Crippen LogP contribution is -2.30. The van der Waals surface area contributed by atoms with Gasteiger partial charge in [-0.1, -0.05) is 13.8 Å². The number of sulfonamides is 1. The molecule has 2 rings (SSSR count). The lowest BCUT2D eigenvalue weighted by atomic mass is 10.2. The summed E-state index contributed by atoms with van der Waals surface area (Å²) in [7, 11) is -3.53. The van der Waals surface area contributed by atoms with E-state index in [9.17, 15) is 18.0 Å². The quantitative estimate of drug-likeness (QED) is 0.761. The Morgan fingerprint density at radius 3 is 1.81 bits per heavy atom. The molecule has 2 amide bonds. The van der Waals surface area contributed by atoms with E-state index in [1.165, 1.54) is 23.4 Å². The van der Waals surface area contributed by atoms with Crippen molar-refractivity contribution in [2.24, 2.45) is 0 Å². The standard InChI is InChI=1S/C19H23N3O4S/c1-4-22(5-2)27(25,26)18-12-10-17(11-13-18)21-19(24)15-6-8-16(9-7-15)20-14(3)23/h6-13H,4-5H2,1-3H3,(H,20,23)(H,21,24). The van der Waals surface area contributed by atoms with E-state index in [-0.39, 0.29) is 16.7 Å². The molecule has 0 saturated heterocycles. The predicted octanol–water partition coefficient (Wildman–Crippen LogP) is 2.93. The molecule has 0 saturated carbocycles. The largest absolute Gasteiger partial charge is 0.326 e. The lowest BCUT2D eigenvalue weighted by Gasteiger charge is -2.18. The van der Waals surface area contributed by atoms with Gasteiger partial charge in [0, 0.05) is 37.0 Å². The zero-order valence-corrected chi connectivity index (χ0v) is 16.3. The van der Waals surface area contributed by atoms with Gasteiger partial charge < -0.3 is 10.6 Å². The van der Waals surface area contributed by atoms with Crippen LogP contribution in [0, 0.1) is 0 Å². The number of hydrogen-bond acceptors (Lipinski definition) is 4. The van der Waals surface area contributed by atoms with Crippen molar-refractivity contribution in [1.82, 2.24) is 4.31 Å². The number of anilines is 2. The molecular formula is C19H23N3O4S. The number of hydrogen-bond donors (Lipinski definition) is 2. The fourth-order valence-corrected chi connectivity index (χ4v) is 3.99. The van der Waals surface area contributed by atoms with Gasteiger partial charge in [-0.3, -0.25) is 9.59 Å². The summed E-state index contributed by atoms with van der Waals surface area (Å²) < 4.78 is 26.3. The molecule has 0 bridgehead atoms. The van der Waals surface area contributed by atoms with Gasteiger partial charge in [0.25, 0.3) is 5.91 Å². The Balaban J connectivity index is 2.10. The number of rotatable bonds is 7.